The maximum Gasteiger partial charge on any atom is 0.219 e. The number of anilines is 1. The lowest BCUT2D eigenvalue weighted by atomic mass is 10.3. The van der Waals surface area contributed by atoms with Gasteiger partial charge in [0.1, 0.15) is 6.20 Å². The highest BCUT2D eigenvalue weighted by molar-refractivity contribution is 5.39. The average molecular weight is 145 g/mol. The number of nitrogens with zero attached hydrogens (tertiary/aromatic N) is 3. The molecule has 0 atom stereocenters. The molecule has 0 saturated carbocycles. The Labute approximate surface area is 64.6 Å². The van der Waals surface area contributed by atoms with E-state index >= 15 is 0 Å². The van der Waals surface area contributed by atoms with Crippen molar-refractivity contribution in [3.05, 3.63) is 42.7 Å². The van der Waals surface area contributed by atoms with Gasteiger partial charge < -0.3 is 0 Å². The Kier molecular flexibility index (Phi) is 1.50. The minimum absolute atomic E-state index is 1.03. The molecule has 3 nitrogen and oxygen atoms in total. The van der Waals surface area contributed by atoms with Crippen LogP contribution in [0.4, 0.5) is 5.69 Å². The summed E-state index contributed by atoms with van der Waals surface area (Å²) in [6, 6.07) is 9.87. The van der Waals surface area contributed by atoms with Crippen molar-refractivity contribution >= 4 is 5.69 Å². The van der Waals surface area contributed by atoms with Gasteiger partial charge in [0.15, 0.2) is 0 Å². The van der Waals surface area contributed by atoms with Crippen molar-refractivity contribution in [3.8, 4) is 0 Å². The first kappa shape index (κ1) is 6.24. The van der Waals surface area contributed by atoms with E-state index in [1.807, 2.05) is 36.5 Å². The summed E-state index contributed by atoms with van der Waals surface area (Å²) in [5, 5.41) is 9.29. The molecular formula is C8H7N3+. The second-order valence-electron chi connectivity index (χ2n) is 2.18. The topological polar surface area (TPSA) is 30.6 Å². The lowest BCUT2D eigenvalue weighted by Crippen LogP contribution is -2.03. The van der Waals surface area contributed by atoms with Crippen molar-refractivity contribution in [3.63, 3.8) is 0 Å². The summed E-state index contributed by atoms with van der Waals surface area (Å²) >= 11 is 0. The van der Waals surface area contributed by atoms with Crippen molar-refractivity contribution in [2.75, 3.05) is 0 Å². The molecule has 1 aromatic rings. The van der Waals surface area contributed by atoms with Gasteiger partial charge in [0.05, 0.1) is 10.2 Å². The van der Waals surface area contributed by atoms with Crippen LogP contribution in [-0.4, -0.2) is 0 Å². The molecule has 1 heterocycles. The SMILES string of the molecule is C1=C[N+](c2ccccc2)N=N1. The van der Waals surface area contributed by atoms with E-state index < -0.39 is 0 Å². The molecule has 0 aromatic heterocycles. The number of rotatable bonds is 1. The Morgan fingerprint density at radius 2 is 1.91 bits per heavy atom. The fourth-order valence-corrected chi connectivity index (χ4v) is 0.927. The van der Waals surface area contributed by atoms with Gasteiger partial charge in [-0.25, -0.2) is 0 Å². The zero-order chi connectivity index (χ0) is 7.52. The third-order valence-electron chi connectivity index (χ3n) is 1.44. The van der Waals surface area contributed by atoms with Crippen molar-refractivity contribution in [1.82, 2.24) is 5.01 Å². The molecule has 53 valence electrons. The lowest BCUT2D eigenvalue weighted by Gasteiger charge is -1.90. The zero-order valence-electron chi connectivity index (χ0n) is 5.88. The Bertz CT molecular complexity index is 277. The molecular weight excluding hydrogens is 138 g/mol. The Balaban J connectivity index is 2.30. The highest BCUT2D eigenvalue weighted by atomic mass is 15.6. The minimum Gasteiger partial charge on any atom is -0.0972 e. The van der Waals surface area contributed by atoms with Crippen molar-refractivity contribution in [2.24, 2.45) is 10.3 Å². The highest BCUT2D eigenvalue weighted by Gasteiger charge is 2.17. The van der Waals surface area contributed by atoms with Crippen LogP contribution < -0.4 is 5.01 Å². The third-order valence-corrected chi connectivity index (χ3v) is 1.44. The molecule has 0 N–H and O–H groups in total. The van der Waals surface area contributed by atoms with Crippen LogP contribution in [0.15, 0.2) is 53.1 Å². The molecule has 0 unspecified atom stereocenters. The van der Waals surface area contributed by atoms with Crippen LogP contribution in [0.25, 0.3) is 0 Å². The van der Waals surface area contributed by atoms with Gasteiger partial charge in [0.2, 0.25) is 11.9 Å². The molecule has 3 heteroatoms. The maximum absolute atomic E-state index is 3.85. The minimum atomic E-state index is 1.03. The van der Waals surface area contributed by atoms with E-state index in [-0.39, 0.29) is 0 Å². The first-order chi connectivity index (χ1) is 5.47. The van der Waals surface area contributed by atoms with E-state index in [4.69, 9.17) is 0 Å². The quantitative estimate of drug-likeness (QED) is 0.543. The molecule has 1 aliphatic rings. The molecule has 0 spiro atoms. The molecule has 0 aliphatic carbocycles. The Morgan fingerprint density at radius 1 is 1.09 bits per heavy atom. The number of para-hydroxylation sites is 1. The van der Waals surface area contributed by atoms with Gasteiger partial charge in [-0.1, -0.05) is 23.3 Å². The molecule has 11 heavy (non-hydrogen) atoms. The van der Waals surface area contributed by atoms with Crippen LogP contribution >= 0.6 is 0 Å². The van der Waals surface area contributed by atoms with Crippen molar-refractivity contribution in [2.45, 2.75) is 0 Å². The summed E-state index contributed by atoms with van der Waals surface area (Å²) < 4.78 is 0. The molecule has 1 aliphatic heterocycles. The van der Waals surface area contributed by atoms with Gasteiger partial charge in [-0.05, 0) is 0 Å². The lowest BCUT2D eigenvalue weighted by molar-refractivity contribution is 0.714. The van der Waals surface area contributed by atoms with Crippen LogP contribution in [0, 0.1) is 0 Å². The summed E-state index contributed by atoms with van der Waals surface area (Å²) in [5.41, 5.74) is 1.03. The fourth-order valence-electron chi connectivity index (χ4n) is 0.927. The van der Waals surface area contributed by atoms with Crippen molar-refractivity contribution < 1.29 is 0 Å². The van der Waals surface area contributed by atoms with Gasteiger partial charge in [-0.2, -0.15) is 0 Å². The summed E-state index contributed by atoms with van der Waals surface area (Å²) in [7, 11) is 0. The largest absolute Gasteiger partial charge is 0.219 e. The second kappa shape index (κ2) is 2.64. The maximum atomic E-state index is 3.85. The first-order valence-corrected chi connectivity index (χ1v) is 3.38. The molecule has 1 radical (unpaired) electrons. The van der Waals surface area contributed by atoms with Crippen LogP contribution in [0.2, 0.25) is 0 Å². The van der Waals surface area contributed by atoms with Crippen LogP contribution in [-0.2, 0) is 0 Å². The van der Waals surface area contributed by atoms with Gasteiger partial charge in [0, 0.05) is 12.1 Å². The molecule has 0 fully saturated rings. The van der Waals surface area contributed by atoms with E-state index in [0.717, 1.165) is 5.69 Å². The van der Waals surface area contributed by atoms with Gasteiger partial charge in [0.25, 0.3) is 0 Å². The predicted octanol–water partition coefficient (Wildman–Crippen LogP) is 2.31. The molecule has 0 amide bonds. The molecule has 2 rings (SSSR count). The fraction of sp³-hybridized carbons (Fsp3) is 0. The summed E-state index contributed by atoms with van der Waals surface area (Å²) in [6.07, 6.45) is 3.47. The van der Waals surface area contributed by atoms with Crippen LogP contribution in [0.5, 0.6) is 0 Å². The number of benzene rings is 1. The highest BCUT2D eigenvalue weighted by Crippen LogP contribution is 2.15. The monoisotopic (exact) mass is 145 g/mol. The normalized spacial score (nSPS) is 16.0. The van der Waals surface area contributed by atoms with E-state index in [2.05, 4.69) is 10.3 Å². The van der Waals surface area contributed by atoms with Gasteiger partial charge in [-0.3, -0.25) is 0 Å². The van der Waals surface area contributed by atoms with E-state index in [1.165, 1.54) is 0 Å². The number of hydrogen-bond donors (Lipinski definition) is 0. The molecule has 0 bridgehead atoms. The van der Waals surface area contributed by atoms with Crippen molar-refractivity contribution in [1.29, 1.82) is 0 Å². The Morgan fingerprint density at radius 3 is 2.55 bits per heavy atom. The first-order valence-electron chi connectivity index (χ1n) is 3.38. The summed E-state index contributed by atoms with van der Waals surface area (Å²) in [5.74, 6) is 0. The standard InChI is InChI=1S/C8H7N3/c1-2-4-8(5-3-1)11-7-6-9-10-11/h1-7H/q+1. The van der Waals surface area contributed by atoms with E-state index in [1.54, 1.807) is 11.2 Å². The second-order valence-corrected chi connectivity index (χ2v) is 2.18. The predicted molar refractivity (Wildman–Crippen MR) is 42.2 cm³/mol. The molecule has 0 saturated heterocycles. The molecule has 1 aromatic carbocycles. The van der Waals surface area contributed by atoms with E-state index in [9.17, 15) is 0 Å². The van der Waals surface area contributed by atoms with Gasteiger partial charge in [-0.15, -0.1) is 0 Å². The summed E-state index contributed by atoms with van der Waals surface area (Å²) in [6.45, 7) is 0. The smallest absolute Gasteiger partial charge is 0.0972 e. The van der Waals surface area contributed by atoms with Crippen LogP contribution in [0.1, 0.15) is 0 Å². The number of hydrogen-bond acceptors (Lipinski definition) is 3. The van der Waals surface area contributed by atoms with E-state index in [0.29, 0.717) is 0 Å². The van der Waals surface area contributed by atoms with Gasteiger partial charge >= 0.3 is 0 Å². The zero-order valence-corrected chi connectivity index (χ0v) is 5.88. The third kappa shape index (κ3) is 1.18. The Hall–Kier alpha value is -1.48. The summed E-state index contributed by atoms with van der Waals surface area (Å²) in [4.78, 5) is 0. The average Bonchev–Trinajstić information content (AvgIpc) is 2.58. The van der Waals surface area contributed by atoms with Crippen LogP contribution in [0.3, 0.4) is 0 Å².